The summed E-state index contributed by atoms with van der Waals surface area (Å²) in [5.74, 6) is -0.408. The van der Waals surface area contributed by atoms with E-state index < -0.39 is 5.60 Å². The minimum Gasteiger partial charge on any atom is -0.375 e. The predicted octanol–water partition coefficient (Wildman–Crippen LogP) is 3.60. The van der Waals surface area contributed by atoms with Gasteiger partial charge in [-0.3, -0.25) is 0 Å². The molecule has 1 aliphatic heterocycles. The smallest absolute Gasteiger partial charge is 0.159 e. The molecule has 0 bridgehead atoms. The van der Waals surface area contributed by atoms with Gasteiger partial charge in [-0.1, -0.05) is 74.5 Å². The maximum Gasteiger partial charge on any atom is 0.159 e. The van der Waals surface area contributed by atoms with Crippen LogP contribution in [0.2, 0.25) is 0 Å². The monoisotopic (exact) mass is 306 g/mol. The van der Waals surface area contributed by atoms with Crippen molar-refractivity contribution in [1.82, 2.24) is 5.32 Å². The number of hydrogen-bond acceptors (Lipinski definition) is 3. The molecular weight excluding hydrogens is 284 g/mol. The van der Waals surface area contributed by atoms with Crippen LogP contribution in [0.1, 0.15) is 37.1 Å². The average molecular weight is 306 g/mol. The van der Waals surface area contributed by atoms with Crippen molar-refractivity contribution in [1.29, 1.82) is 5.26 Å². The average Bonchev–Trinajstić information content (AvgIpc) is 2.61. The minimum atomic E-state index is -1.37. The van der Waals surface area contributed by atoms with E-state index in [-0.39, 0.29) is 23.9 Å². The summed E-state index contributed by atoms with van der Waals surface area (Å²) >= 11 is 0. The lowest BCUT2D eigenvalue weighted by Gasteiger charge is -2.48. The lowest BCUT2D eigenvalue weighted by Crippen LogP contribution is -2.56. The third-order valence-electron chi connectivity index (χ3n) is 5.24. The van der Waals surface area contributed by atoms with Crippen molar-refractivity contribution in [2.24, 2.45) is 11.8 Å². The maximum absolute atomic E-state index is 11.1. The van der Waals surface area contributed by atoms with Crippen LogP contribution in [-0.2, 0) is 0 Å². The van der Waals surface area contributed by atoms with Crippen molar-refractivity contribution in [3.63, 3.8) is 0 Å². The lowest BCUT2D eigenvalue weighted by molar-refractivity contribution is -0.0662. The molecule has 0 spiro atoms. The van der Waals surface area contributed by atoms with Gasteiger partial charge in [0.25, 0.3) is 0 Å². The molecule has 1 unspecified atom stereocenters. The summed E-state index contributed by atoms with van der Waals surface area (Å²) in [5, 5.41) is 24.4. The van der Waals surface area contributed by atoms with Gasteiger partial charge < -0.3 is 10.4 Å². The molecule has 2 aromatic carbocycles. The van der Waals surface area contributed by atoms with E-state index in [1.165, 1.54) is 0 Å². The molecule has 0 aliphatic carbocycles. The van der Waals surface area contributed by atoms with Gasteiger partial charge in [0.15, 0.2) is 5.60 Å². The first-order valence-corrected chi connectivity index (χ1v) is 8.07. The first kappa shape index (κ1) is 15.7. The summed E-state index contributed by atoms with van der Waals surface area (Å²) < 4.78 is 0. The van der Waals surface area contributed by atoms with Gasteiger partial charge >= 0.3 is 0 Å². The van der Waals surface area contributed by atoms with Gasteiger partial charge in [0.1, 0.15) is 0 Å². The number of benzene rings is 2. The van der Waals surface area contributed by atoms with Crippen molar-refractivity contribution in [3.05, 3.63) is 71.8 Å². The number of nitrogens with zero attached hydrogens (tertiary/aromatic N) is 1. The van der Waals surface area contributed by atoms with Gasteiger partial charge in [0.05, 0.1) is 6.07 Å². The molecule has 5 atom stereocenters. The molecule has 0 saturated carbocycles. The Bertz CT molecular complexity index is 641. The SMILES string of the molecule is C[C@@H]1[C@H](c2ccccc2)N[C@H](c2ccccc2)[C@H](C)C1(O)C#N. The van der Waals surface area contributed by atoms with Gasteiger partial charge in [0, 0.05) is 23.9 Å². The van der Waals surface area contributed by atoms with Crippen molar-refractivity contribution in [2.45, 2.75) is 31.5 Å². The summed E-state index contributed by atoms with van der Waals surface area (Å²) in [4.78, 5) is 0. The van der Waals surface area contributed by atoms with Crippen LogP contribution in [-0.4, -0.2) is 10.7 Å². The molecule has 0 radical (unpaired) electrons. The molecule has 1 aliphatic rings. The fourth-order valence-corrected chi connectivity index (χ4v) is 3.70. The minimum absolute atomic E-state index is 0.0674. The largest absolute Gasteiger partial charge is 0.375 e. The first-order chi connectivity index (χ1) is 11.1. The number of nitriles is 1. The molecule has 1 fully saturated rings. The van der Waals surface area contributed by atoms with E-state index in [4.69, 9.17) is 0 Å². The Morgan fingerprint density at radius 2 is 1.26 bits per heavy atom. The summed E-state index contributed by atoms with van der Waals surface area (Å²) in [6.07, 6.45) is 0. The van der Waals surface area contributed by atoms with Crippen LogP contribution >= 0.6 is 0 Å². The van der Waals surface area contributed by atoms with Crippen LogP contribution in [0.25, 0.3) is 0 Å². The highest BCUT2D eigenvalue weighted by molar-refractivity contribution is 5.30. The van der Waals surface area contributed by atoms with Crippen LogP contribution < -0.4 is 5.32 Å². The van der Waals surface area contributed by atoms with Gasteiger partial charge in [-0.2, -0.15) is 5.26 Å². The molecule has 2 aromatic rings. The third-order valence-corrected chi connectivity index (χ3v) is 5.24. The summed E-state index contributed by atoms with van der Waals surface area (Å²) in [6.45, 7) is 3.90. The number of piperidine rings is 1. The fraction of sp³-hybridized carbons (Fsp3) is 0.350. The zero-order chi connectivity index (χ0) is 16.4. The summed E-state index contributed by atoms with van der Waals surface area (Å²) in [7, 11) is 0. The van der Waals surface area contributed by atoms with Gasteiger partial charge in [-0.15, -0.1) is 0 Å². The Morgan fingerprint density at radius 1 is 0.870 bits per heavy atom. The third kappa shape index (κ3) is 2.65. The second-order valence-corrected chi connectivity index (χ2v) is 6.46. The maximum atomic E-state index is 11.1. The van der Waals surface area contributed by atoms with E-state index in [1.807, 2.05) is 74.5 Å². The highest BCUT2D eigenvalue weighted by atomic mass is 16.3. The molecule has 1 saturated heterocycles. The molecule has 23 heavy (non-hydrogen) atoms. The van der Waals surface area contributed by atoms with Crippen molar-refractivity contribution in [3.8, 4) is 6.07 Å². The zero-order valence-corrected chi connectivity index (χ0v) is 13.5. The van der Waals surface area contributed by atoms with Crippen LogP contribution in [0, 0.1) is 23.2 Å². The topological polar surface area (TPSA) is 56.0 Å². The molecule has 3 nitrogen and oxygen atoms in total. The van der Waals surface area contributed by atoms with Crippen molar-refractivity contribution in [2.75, 3.05) is 0 Å². The Kier molecular flexibility index (Phi) is 4.21. The number of hydrogen-bond donors (Lipinski definition) is 2. The highest BCUT2D eigenvalue weighted by Crippen LogP contribution is 2.46. The van der Waals surface area contributed by atoms with Crippen LogP contribution in [0.4, 0.5) is 0 Å². The standard InChI is InChI=1S/C20H22N2O/c1-14-18(16-9-5-3-6-10-16)22-19(15(2)20(14,23)13-21)17-11-7-4-8-12-17/h3-12,14-15,18-19,22-23H,1-2H3/t14-,15+,18-,19+,20?. The molecule has 3 rings (SSSR count). The van der Waals surface area contributed by atoms with Crippen molar-refractivity contribution < 1.29 is 5.11 Å². The Morgan fingerprint density at radius 3 is 1.61 bits per heavy atom. The second-order valence-electron chi connectivity index (χ2n) is 6.46. The molecule has 1 heterocycles. The summed E-state index contributed by atoms with van der Waals surface area (Å²) in [5.41, 5.74) is 0.828. The molecular formula is C20H22N2O. The first-order valence-electron chi connectivity index (χ1n) is 8.07. The normalized spacial score (nSPS) is 33.8. The number of nitrogens with one attached hydrogen (secondary N) is 1. The zero-order valence-electron chi connectivity index (χ0n) is 13.5. The van der Waals surface area contributed by atoms with Crippen LogP contribution in [0.3, 0.4) is 0 Å². The van der Waals surface area contributed by atoms with Gasteiger partial charge in [-0.25, -0.2) is 0 Å². The second kappa shape index (κ2) is 6.16. The van der Waals surface area contributed by atoms with E-state index in [9.17, 15) is 10.4 Å². The van der Waals surface area contributed by atoms with Gasteiger partial charge in [0.2, 0.25) is 0 Å². The van der Waals surface area contributed by atoms with E-state index >= 15 is 0 Å². The number of rotatable bonds is 2. The van der Waals surface area contributed by atoms with Crippen molar-refractivity contribution >= 4 is 0 Å². The molecule has 118 valence electrons. The Labute approximate surface area is 137 Å². The van der Waals surface area contributed by atoms with Crippen LogP contribution in [0.15, 0.2) is 60.7 Å². The quantitative estimate of drug-likeness (QED) is 0.834. The molecule has 3 heteroatoms. The van der Waals surface area contributed by atoms with Crippen LogP contribution in [0.5, 0.6) is 0 Å². The Balaban J connectivity index is 2.04. The van der Waals surface area contributed by atoms with E-state index in [1.54, 1.807) is 0 Å². The fourth-order valence-electron chi connectivity index (χ4n) is 3.70. The highest BCUT2D eigenvalue weighted by Gasteiger charge is 2.51. The van der Waals surface area contributed by atoms with E-state index in [2.05, 4.69) is 11.4 Å². The molecule has 0 aromatic heterocycles. The predicted molar refractivity (Wildman–Crippen MR) is 90.4 cm³/mol. The Hall–Kier alpha value is -2.15. The lowest BCUT2D eigenvalue weighted by atomic mass is 9.67. The van der Waals surface area contributed by atoms with Gasteiger partial charge in [-0.05, 0) is 11.1 Å². The van der Waals surface area contributed by atoms with E-state index in [0.717, 1.165) is 11.1 Å². The number of aliphatic hydroxyl groups is 1. The van der Waals surface area contributed by atoms with E-state index in [0.29, 0.717) is 0 Å². The molecule has 0 amide bonds. The summed E-state index contributed by atoms with van der Waals surface area (Å²) in [6, 6.07) is 22.2. The molecule has 2 N–H and O–H groups in total.